The summed E-state index contributed by atoms with van der Waals surface area (Å²) in [5, 5.41) is 17.9. The van der Waals surface area contributed by atoms with Gasteiger partial charge in [-0.2, -0.15) is 12.6 Å². The van der Waals surface area contributed by atoms with Crippen LogP contribution >= 0.6 is 12.6 Å². The van der Waals surface area contributed by atoms with Crippen LogP contribution in [-0.2, 0) is 25.6 Å². The van der Waals surface area contributed by atoms with Crippen LogP contribution in [0.3, 0.4) is 0 Å². The molecule has 37 heavy (non-hydrogen) atoms. The quantitative estimate of drug-likeness (QED) is 0.0602. The molecule has 0 aliphatic heterocycles. The van der Waals surface area contributed by atoms with Crippen molar-refractivity contribution in [3.63, 3.8) is 0 Å². The number of carbonyl (C=O) groups is 4. The minimum absolute atomic E-state index is 0.0438. The summed E-state index contributed by atoms with van der Waals surface area (Å²) in [6.45, 7) is 1.72. The van der Waals surface area contributed by atoms with Gasteiger partial charge in [-0.05, 0) is 31.4 Å². The fraction of sp³-hybridized carbons (Fsp3) is 0.435. The number of para-hydroxylation sites is 1. The van der Waals surface area contributed by atoms with E-state index in [0.717, 1.165) is 16.5 Å². The molecule has 0 fully saturated rings. The van der Waals surface area contributed by atoms with Crippen molar-refractivity contribution in [2.75, 3.05) is 12.3 Å². The molecule has 4 unspecified atom stereocenters. The van der Waals surface area contributed by atoms with Gasteiger partial charge < -0.3 is 43.2 Å². The number of hydrogen-bond acceptors (Lipinski definition) is 7. The molecule has 0 aliphatic carbocycles. The van der Waals surface area contributed by atoms with E-state index in [4.69, 9.17) is 17.2 Å². The van der Waals surface area contributed by atoms with E-state index in [1.54, 1.807) is 6.20 Å². The third-order valence-corrected chi connectivity index (χ3v) is 5.95. The third-order valence-electron chi connectivity index (χ3n) is 5.59. The molecule has 2 rings (SSSR count). The predicted octanol–water partition coefficient (Wildman–Crippen LogP) is -1.42. The number of fused-ring (bicyclic) bond motifs is 1. The van der Waals surface area contributed by atoms with E-state index >= 15 is 0 Å². The van der Waals surface area contributed by atoms with Gasteiger partial charge in [-0.15, -0.1) is 0 Å². The van der Waals surface area contributed by atoms with Gasteiger partial charge in [0.05, 0.1) is 6.04 Å². The molecule has 13 nitrogen and oxygen atoms in total. The molecule has 0 spiro atoms. The highest BCUT2D eigenvalue weighted by Crippen LogP contribution is 2.19. The summed E-state index contributed by atoms with van der Waals surface area (Å²) in [7, 11) is 0. The Balaban J connectivity index is 1.91. The number of thiol groups is 1. The molecule has 0 saturated heterocycles. The lowest BCUT2D eigenvalue weighted by molar-refractivity contribution is -0.142. The standard InChI is InChI=1S/C23H34N8O5S/c1-12(29-21(34)18(11-37)31-20(33)15(24)6-4-8-27-23(25)26)19(32)30-17(22(35)36)9-13-10-28-16-7-3-2-5-14(13)16/h2-3,5,7,10,12,15,17-18,28,37H,4,6,8-9,11,24H2,1H3,(H,29,34)(H,30,32)(H,31,33)(H,35,36)(H4,25,26,27). The largest absolute Gasteiger partial charge is 0.480 e. The summed E-state index contributed by atoms with van der Waals surface area (Å²) in [6.07, 6.45) is 2.49. The van der Waals surface area contributed by atoms with Crippen molar-refractivity contribution in [3.05, 3.63) is 36.0 Å². The van der Waals surface area contributed by atoms with Crippen LogP contribution in [0.25, 0.3) is 10.9 Å². The fourth-order valence-electron chi connectivity index (χ4n) is 3.52. The second kappa shape index (κ2) is 14.1. The number of aliphatic imine (C=N–C) groups is 1. The Labute approximate surface area is 219 Å². The third kappa shape index (κ3) is 8.99. The minimum atomic E-state index is -1.22. The normalized spacial score (nSPS) is 14.1. The second-order valence-corrected chi connectivity index (χ2v) is 8.86. The smallest absolute Gasteiger partial charge is 0.326 e. The first-order chi connectivity index (χ1) is 17.5. The van der Waals surface area contributed by atoms with Gasteiger partial charge in [0.2, 0.25) is 17.7 Å². The van der Waals surface area contributed by atoms with Crippen molar-refractivity contribution in [2.45, 2.75) is 50.4 Å². The molecule has 1 heterocycles. The number of carboxylic acids is 1. The number of amides is 3. The van der Waals surface area contributed by atoms with E-state index in [2.05, 4.69) is 38.6 Å². The zero-order chi connectivity index (χ0) is 27.5. The molecular formula is C23H34N8O5S. The van der Waals surface area contributed by atoms with Crippen molar-refractivity contribution in [3.8, 4) is 0 Å². The number of nitrogens with zero attached hydrogens (tertiary/aromatic N) is 1. The predicted molar refractivity (Wildman–Crippen MR) is 143 cm³/mol. The molecule has 0 bridgehead atoms. The summed E-state index contributed by atoms with van der Waals surface area (Å²) in [5.74, 6) is -3.25. The summed E-state index contributed by atoms with van der Waals surface area (Å²) >= 11 is 4.10. The van der Waals surface area contributed by atoms with Crippen molar-refractivity contribution < 1.29 is 24.3 Å². The summed E-state index contributed by atoms with van der Waals surface area (Å²) in [5.41, 5.74) is 17.9. The molecule has 0 radical (unpaired) electrons. The van der Waals surface area contributed by atoms with E-state index in [1.807, 2.05) is 24.3 Å². The van der Waals surface area contributed by atoms with Crippen molar-refractivity contribution in [1.29, 1.82) is 0 Å². The molecule has 11 N–H and O–H groups in total. The van der Waals surface area contributed by atoms with Crippen LogP contribution in [0.2, 0.25) is 0 Å². The van der Waals surface area contributed by atoms with Gasteiger partial charge in [0, 0.05) is 35.8 Å². The minimum Gasteiger partial charge on any atom is -0.480 e. The van der Waals surface area contributed by atoms with Crippen molar-refractivity contribution >= 4 is 53.2 Å². The molecule has 0 saturated carbocycles. The highest BCUT2D eigenvalue weighted by molar-refractivity contribution is 7.80. The van der Waals surface area contributed by atoms with Crippen molar-refractivity contribution in [2.24, 2.45) is 22.2 Å². The SMILES string of the molecule is CC(NC(=O)C(CS)NC(=O)C(N)CCCN=C(N)N)C(=O)NC(Cc1c[nH]c2ccccc12)C(=O)O. The van der Waals surface area contributed by atoms with Crippen LogP contribution in [0.5, 0.6) is 0 Å². The first-order valence-corrected chi connectivity index (χ1v) is 12.3. The van der Waals surface area contributed by atoms with Crippen LogP contribution in [0.4, 0.5) is 0 Å². The zero-order valence-electron chi connectivity index (χ0n) is 20.4. The Hall–Kier alpha value is -3.78. The van der Waals surface area contributed by atoms with Crippen LogP contribution in [0.1, 0.15) is 25.3 Å². The summed E-state index contributed by atoms with van der Waals surface area (Å²) < 4.78 is 0. The number of nitrogens with one attached hydrogen (secondary N) is 4. The monoisotopic (exact) mass is 534 g/mol. The van der Waals surface area contributed by atoms with E-state index in [9.17, 15) is 24.3 Å². The van der Waals surface area contributed by atoms with Crippen LogP contribution in [-0.4, -0.2) is 76.2 Å². The van der Waals surface area contributed by atoms with Gasteiger partial charge in [-0.1, -0.05) is 18.2 Å². The number of aromatic nitrogens is 1. The fourth-order valence-corrected chi connectivity index (χ4v) is 3.78. The molecule has 2 aromatic rings. The maximum Gasteiger partial charge on any atom is 0.326 e. The number of benzene rings is 1. The number of hydrogen-bond donors (Lipinski definition) is 9. The molecule has 1 aromatic carbocycles. The topological polar surface area (TPSA) is 231 Å². The van der Waals surface area contributed by atoms with E-state index in [-0.39, 0.29) is 24.6 Å². The Bertz CT molecular complexity index is 1130. The Kier molecular flexibility index (Phi) is 11.2. The number of guanidine groups is 1. The molecule has 1 aromatic heterocycles. The maximum absolute atomic E-state index is 12.7. The number of carbonyl (C=O) groups excluding carboxylic acids is 3. The van der Waals surface area contributed by atoms with Crippen LogP contribution in [0.15, 0.2) is 35.5 Å². The van der Waals surface area contributed by atoms with Gasteiger partial charge in [-0.3, -0.25) is 19.4 Å². The Morgan fingerprint density at radius 3 is 2.38 bits per heavy atom. The summed E-state index contributed by atoms with van der Waals surface area (Å²) in [4.78, 5) is 56.3. The van der Waals surface area contributed by atoms with E-state index < -0.39 is 47.9 Å². The van der Waals surface area contributed by atoms with Crippen molar-refractivity contribution in [1.82, 2.24) is 20.9 Å². The highest BCUT2D eigenvalue weighted by Gasteiger charge is 2.28. The second-order valence-electron chi connectivity index (χ2n) is 8.49. The average molecular weight is 535 g/mol. The van der Waals surface area contributed by atoms with E-state index in [1.165, 1.54) is 6.92 Å². The first-order valence-electron chi connectivity index (χ1n) is 11.6. The number of carboxylic acid groups (broad SMARTS) is 1. The Morgan fingerprint density at radius 1 is 1.05 bits per heavy atom. The number of H-pyrrole nitrogens is 1. The summed E-state index contributed by atoms with van der Waals surface area (Å²) in [6, 6.07) is 3.15. The average Bonchev–Trinajstić information content (AvgIpc) is 3.26. The lowest BCUT2D eigenvalue weighted by atomic mass is 10.0. The number of nitrogens with two attached hydrogens (primary N) is 3. The van der Waals surface area contributed by atoms with Gasteiger partial charge in [-0.25, -0.2) is 4.79 Å². The number of aliphatic carboxylic acids is 1. The molecule has 14 heteroatoms. The maximum atomic E-state index is 12.7. The molecule has 0 aliphatic rings. The highest BCUT2D eigenvalue weighted by atomic mass is 32.1. The first kappa shape index (κ1) is 29.5. The zero-order valence-corrected chi connectivity index (χ0v) is 21.3. The van der Waals surface area contributed by atoms with E-state index in [0.29, 0.717) is 13.0 Å². The number of aromatic amines is 1. The lowest BCUT2D eigenvalue weighted by Gasteiger charge is -2.22. The number of rotatable bonds is 14. The van der Waals surface area contributed by atoms with Gasteiger partial charge in [0.25, 0.3) is 0 Å². The van der Waals surface area contributed by atoms with Gasteiger partial charge >= 0.3 is 5.97 Å². The molecular weight excluding hydrogens is 500 g/mol. The Morgan fingerprint density at radius 2 is 1.73 bits per heavy atom. The molecule has 3 amide bonds. The van der Waals surface area contributed by atoms with Gasteiger partial charge in [0.15, 0.2) is 5.96 Å². The van der Waals surface area contributed by atoms with Crippen LogP contribution < -0.4 is 33.2 Å². The lowest BCUT2D eigenvalue weighted by Crippen LogP contribution is -2.57. The molecule has 4 atom stereocenters. The molecule has 202 valence electrons. The van der Waals surface area contributed by atoms with Gasteiger partial charge in [0.1, 0.15) is 18.1 Å². The van der Waals surface area contributed by atoms with Crippen LogP contribution in [0, 0.1) is 0 Å².